The Balaban J connectivity index is 1.99. The summed E-state index contributed by atoms with van der Waals surface area (Å²) < 4.78 is 10.7. The molecule has 1 fully saturated rings. The van der Waals surface area contributed by atoms with E-state index in [-0.39, 0.29) is 0 Å². The molecular weight excluding hydrogens is 240 g/mol. The van der Waals surface area contributed by atoms with Gasteiger partial charge in [-0.2, -0.15) is 0 Å². The van der Waals surface area contributed by atoms with Crippen molar-refractivity contribution < 1.29 is 9.47 Å². The topological polar surface area (TPSA) is 33.7 Å². The average Bonchev–Trinajstić information content (AvgIpc) is 2.87. The van der Waals surface area contributed by atoms with E-state index in [1.165, 1.54) is 18.5 Å². The molecule has 1 aliphatic rings. The molecule has 0 spiro atoms. The second kappa shape index (κ2) is 6.78. The standard InChI is InChI=1S/C15H24N2O2/c1-16-9-12-6-7-17(10-12)11-13-4-5-14(18-2)8-15(13)19-3/h4-5,8,12,16H,6-7,9-11H2,1-3H3. The summed E-state index contributed by atoms with van der Waals surface area (Å²) >= 11 is 0. The summed E-state index contributed by atoms with van der Waals surface area (Å²) in [6, 6.07) is 6.05. The summed E-state index contributed by atoms with van der Waals surface area (Å²) in [5.74, 6) is 2.53. The van der Waals surface area contributed by atoms with E-state index in [2.05, 4.69) is 16.3 Å². The molecule has 106 valence electrons. The van der Waals surface area contributed by atoms with Crippen LogP contribution >= 0.6 is 0 Å². The molecule has 1 aromatic rings. The van der Waals surface area contributed by atoms with Crippen LogP contribution in [0.25, 0.3) is 0 Å². The molecule has 1 aliphatic heterocycles. The van der Waals surface area contributed by atoms with Crippen molar-refractivity contribution in [1.82, 2.24) is 10.2 Å². The van der Waals surface area contributed by atoms with Crippen molar-refractivity contribution in [2.24, 2.45) is 5.92 Å². The highest BCUT2D eigenvalue weighted by atomic mass is 16.5. The smallest absolute Gasteiger partial charge is 0.127 e. The Morgan fingerprint density at radius 2 is 2.16 bits per heavy atom. The zero-order valence-corrected chi connectivity index (χ0v) is 12.1. The second-order valence-electron chi connectivity index (χ2n) is 5.13. The van der Waals surface area contributed by atoms with E-state index < -0.39 is 0 Å². The van der Waals surface area contributed by atoms with E-state index in [0.29, 0.717) is 0 Å². The monoisotopic (exact) mass is 264 g/mol. The van der Waals surface area contributed by atoms with Crippen LogP contribution in [-0.4, -0.2) is 45.8 Å². The van der Waals surface area contributed by atoms with Crippen molar-refractivity contribution in [1.29, 1.82) is 0 Å². The Bertz CT molecular complexity index is 409. The van der Waals surface area contributed by atoms with Gasteiger partial charge >= 0.3 is 0 Å². The molecule has 1 unspecified atom stereocenters. The third-order valence-electron chi connectivity index (χ3n) is 3.75. The maximum absolute atomic E-state index is 5.45. The summed E-state index contributed by atoms with van der Waals surface area (Å²) in [5, 5.41) is 3.26. The molecule has 1 saturated heterocycles. The second-order valence-corrected chi connectivity index (χ2v) is 5.13. The van der Waals surface area contributed by atoms with E-state index in [1.807, 2.05) is 19.2 Å². The molecule has 0 saturated carbocycles. The quantitative estimate of drug-likeness (QED) is 0.848. The van der Waals surface area contributed by atoms with Gasteiger partial charge in [-0.3, -0.25) is 4.90 Å². The number of nitrogens with one attached hydrogen (secondary N) is 1. The number of likely N-dealkylation sites (tertiary alicyclic amines) is 1. The minimum atomic E-state index is 0.772. The normalized spacial score (nSPS) is 19.6. The van der Waals surface area contributed by atoms with E-state index in [1.54, 1.807) is 14.2 Å². The minimum Gasteiger partial charge on any atom is -0.497 e. The van der Waals surface area contributed by atoms with Gasteiger partial charge in [0.1, 0.15) is 11.5 Å². The van der Waals surface area contributed by atoms with Crippen LogP contribution in [0.4, 0.5) is 0 Å². The molecule has 0 bridgehead atoms. The van der Waals surface area contributed by atoms with Gasteiger partial charge in [0.15, 0.2) is 0 Å². The van der Waals surface area contributed by atoms with E-state index in [9.17, 15) is 0 Å². The van der Waals surface area contributed by atoms with Crippen LogP contribution < -0.4 is 14.8 Å². The third-order valence-corrected chi connectivity index (χ3v) is 3.75. The number of nitrogens with zero attached hydrogens (tertiary/aromatic N) is 1. The maximum Gasteiger partial charge on any atom is 0.127 e. The Morgan fingerprint density at radius 3 is 2.84 bits per heavy atom. The van der Waals surface area contributed by atoms with Crippen LogP contribution in [0.1, 0.15) is 12.0 Å². The molecule has 1 aromatic carbocycles. The number of methoxy groups -OCH3 is 2. The number of hydrogen-bond acceptors (Lipinski definition) is 4. The molecule has 2 rings (SSSR count). The molecule has 0 aromatic heterocycles. The summed E-state index contributed by atoms with van der Waals surface area (Å²) in [5.41, 5.74) is 1.23. The molecule has 0 radical (unpaired) electrons. The highest BCUT2D eigenvalue weighted by Gasteiger charge is 2.22. The van der Waals surface area contributed by atoms with E-state index in [0.717, 1.165) is 37.1 Å². The largest absolute Gasteiger partial charge is 0.497 e. The number of benzene rings is 1. The first-order valence-corrected chi connectivity index (χ1v) is 6.84. The fourth-order valence-electron chi connectivity index (χ4n) is 2.74. The van der Waals surface area contributed by atoms with Crippen molar-refractivity contribution >= 4 is 0 Å². The molecular formula is C15H24N2O2. The van der Waals surface area contributed by atoms with Gasteiger partial charge in [-0.1, -0.05) is 6.07 Å². The fraction of sp³-hybridized carbons (Fsp3) is 0.600. The van der Waals surface area contributed by atoms with Crippen molar-refractivity contribution in [2.45, 2.75) is 13.0 Å². The van der Waals surface area contributed by atoms with Crippen LogP contribution in [0.15, 0.2) is 18.2 Å². The van der Waals surface area contributed by atoms with Gasteiger partial charge in [0.05, 0.1) is 14.2 Å². The zero-order valence-electron chi connectivity index (χ0n) is 12.1. The lowest BCUT2D eigenvalue weighted by Gasteiger charge is -2.18. The van der Waals surface area contributed by atoms with Crippen LogP contribution in [0, 0.1) is 5.92 Å². The first kappa shape index (κ1) is 14.2. The first-order valence-electron chi connectivity index (χ1n) is 6.84. The van der Waals surface area contributed by atoms with Gasteiger partial charge in [-0.25, -0.2) is 0 Å². The lowest BCUT2D eigenvalue weighted by atomic mass is 10.1. The number of hydrogen-bond donors (Lipinski definition) is 1. The summed E-state index contributed by atoms with van der Waals surface area (Å²) in [6.07, 6.45) is 1.28. The predicted molar refractivity (Wildman–Crippen MR) is 76.9 cm³/mol. The predicted octanol–water partition coefficient (Wildman–Crippen LogP) is 1.75. The average molecular weight is 264 g/mol. The van der Waals surface area contributed by atoms with Gasteiger partial charge in [-0.15, -0.1) is 0 Å². The molecule has 4 nitrogen and oxygen atoms in total. The number of ether oxygens (including phenoxy) is 2. The fourth-order valence-corrected chi connectivity index (χ4v) is 2.74. The molecule has 1 heterocycles. The van der Waals surface area contributed by atoms with Gasteiger partial charge in [0.2, 0.25) is 0 Å². The van der Waals surface area contributed by atoms with Crippen molar-refractivity contribution in [3.63, 3.8) is 0 Å². The van der Waals surface area contributed by atoms with E-state index >= 15 is 0 Å². The number of rotatable bonds is 6. The first-order chi connectivity index (χ1) is 9.26. The molecule has 1 atom stereocenters. The van der Waals surface area contributed by atoms with Gasteiger partial charge in [0.25, 0.3) is 0 Å². The Hall–Kier alpha value is -1.26. The minimum absolute atomic E-state index is 0.772. The van der Waals surface area contributed by atoms with E-state index in [4.69, 9.17) is 9.47 Å². The Labute approximate surface area is 115 Å². The maximum atomic E-state index is 5.45. The molecule has 19 heavy (non-hydrogen) atoms. The van der Waals surface area contributed by atoms with Crippen LogP contribution in [0.5, 0.6) is 11.5 Å². The van der Waals surface area contributed by atoms with Gasteiger partial charge in [0, 0.05) is 24.7 Å². The van der Waals surface area contributed by atoms with Crippen molar-refractivity contribution in [3.8, 4) is 11.5 Å². The Kier molecular flexibility index (Phi) is 5.05. The zero-order chi connectivity index (χ0) is 13.7. The van der Waals surface area contributed by atoms with Crippen LogP contribution in [0.3, 0.4) is 0 Å². The van der Waals surface area contributed by atoms with Gasteiger partial charge in [-0.05, 0) is 38.5 Å². The summed E-state index contributed by atoms with van der Waals surface area (Å²) in [4.78, 5) is 2.49. The summed E-state index contributed by atoms with van der Waals surface area (Å²) in [6.45, 7) is 4.39. The van der Waals surface area contributed by atoms with Crippen molar-refractivity contribution in [3.05, 3.63) is 23.8 Å². The molecule has 1 N–H and O–H groups in total. The lowest BCUT2D eigenvalue weighted by Crippen LogP contribution is -2.24. The highest BCUT2D eigenvalue weighted by molar-refractivity contribution is 5.40. The van der Waals surface area contributed by atoms with Crippen LogP contribution in [-0.2, 0) is 6.54 Å². The SMILES string of the molecule is CNCC1CCN(Cc2ccc(OC)cc2OC)C1. The Morgan fingerprint density at radius 1 is 1.32 bits per heavy atom. The summed E-state index contributed by atoms with van der Waals surface area (Å²) in [7, 11) is 5.42. The molecule has 0 aliphatic carbocycles. The molecule has 4 heteroatoms. The third kappa shape index (κ3) is 3.61. The lowest BCUT2D eigenvalue weighted by molar-refractivity contribution is 0.306. The van der Waals surface area contributed by atoms with Crippen LogP contribution in [0.2, 0.25) is 0 Å². The van der Waals surface area contributed by atoms with Crippen molar-refractivity contribution in [2.75, 3.05) is 40.9 Å². The highest BCUT2D eigenvalue weighted by Crippen LogP contribution is 2.27. The van der Waals surface area contributed by atoms with Gasteiger partial charge < -0.3 is 14.8 Å². The molecule has 0 amide bonds.